The summed E-state index contributed by atoms with van der Waals surface area (Å²) in [4.78, 5) is 21.0. The maximum Gasteiger partial charge on any atom is 0.254 e. The van der Waals surface area contributed by atoms with Crippen LogP contribution in [-0.2, 0) is 12.8 Å². The molecular formula is C11H15N3O. The van der Waals surface area contributed by atoms with Gasteiger partial charge in [-0.1, -0.05) is 0 Å². The second-order valence-corrected chi connectivity index (χ2v) is 4.42. The summed E-state index contributed by atoms with van der Waals surface area (Å²) in [5.41, 5.74) is 1.96. The summed E-state index contributed by atoms with van der Waals surface area (Å²) < 4.78 is 0. The van der Waals surface area contributed by atoms with Crippen molar-refractivity contribution in [3.05, 3.63) is 27.9 Å². The third kappa shape index (κ3) is 1.69. The minimum absolute atomic E-state index is 0.0534. The first-order valence-electron chi connectivity index (χ1n) is 5.64. The number of aromatic amines is 1. The van der Waals surface area contributed by atoms with Crippen LogP contribution in [-0.4, -0.2) is 34.0 Å². The number of nitrogens with one attached hydrogen (secondary N) is 1. The molecule has 0 saturated heterocycles. The molecule has 4 nitrogen and oxygen atoms in total. The smallest absolute Gasteiger partial charge is 0.254 e. The Morgan fingerprint density at radius 2 is 2.13 bits per heavy atom. The van der Waals surface area contributed by atoms with E-state index in [1.807, 2.05) is 0 Å². The monoisotopic (exact) mass is 205 g/mol. The van der Waals surface area contributed by atoms with Gasteiger partial charge in [-0.05, 0) is 19.3 Å². The van der Waals surface area contributed by atoms with Gasteiger partial charge in [0, 0.05) is 31.1 Å². The van der Waals surface area contributed by atoms with Crippen LogP contribution in [0.2, 0.25) is 0 Å². The molecule has 0 atom stereocenters. The zero-order valence-corrected chi connectivity index (χ0v) is 8.70. The summed E-state index contributed by atoms with van der Waals surface area (Å²) in [5, 5.41) is 0. The maximum atomic E-state index is 11.6. The van der Waals surface area contributed by atoms with Crippen molar-refractivity contribution in [2.75, 3.05) is 13.1 Å². The molecule has 3 rings (SSSR count). The zero-order valence-electron chi connectivity index (χ0n) is 8.70. The largest absolute Gasteiger partial charge is 0.313 e. The number of nitrogens with zero attached hydrogens (tertiary/aromatic N) is 2. The molecule has 4 heteroatoms. The molecule has 1 aliphatic carbocycles. The molecule has 2 heterocycles. The number of rotatable bonds is 1. The Kier molecular flexibility index (Phi) is 2.09. The molecule has 1 saturated carbocycles. The molecule has 1 aliphatic heterocycles. The van der Waals surface area contributed by atoms with Gasteiger partial charge in [0.2, 0.25) is 0 Å². The van der Waals surface area contributed by atoms with Crippen molar-refractivity contribution in [2.45, 2.75) is 31.7 Å². The van der Waals surface area contributed by atoms with Gasteiger partial charge in [0.25, 0.3) is 5.56 Å². The highest BCUT2D eigenvalue weighted by atomic mass is 16.1. The SMILES string of the molecule is O=c1[nH]cnc2c1CCN(C1CC1)CC2. The van der Waals surface area contributed by atoms with E-state index in [2.05, 4.69) is 14.9 Å². The summed E-state index contributed by atoms with van der Waals surface area (Å²) in [6.07, 6.45) is 5.97. The molecule has 1 aromatic heterocycles. The lowest BCUT2D eigenvalue weighted by molar-refractivity contribution is 0.276. The summed E-state index contributed by atoms with van der Waals surface area (Å²) in [5.74, 6) is 0. The van der Waals surface area contributed by atoms with Crippen LogP contribution < -0.4 is 5.56 Å². The molecule has 2 aliphatic rings. The van der Waals surface area contributed by atoms with Gasteiger partial charge in [0.1, 0.15) is 0 Å². The van der Waals surface area contributed by atoms with Gasteiger partial charge >= 0.3 is 0 Å². The number of H-pyrrole nitrogens is 1. The van der Waals surface area contributed by atoms with E-state index < -0.39 is 0 Å². The van der Waals surface area contributed by atoms with Crippen molar-refractivity contribution >= 4 is 0 Å². The first-order chi connectivity index (χ1) is 7.34. The van der Waals surface area contributed by atoms with E-state index in [0.29, 0.717) is 0 Å². The van der Waals surface area contributed by atoms with E-state index in [9.17, 15) is 4.79 Å². The van der Waals surface area contributed by atoms with Crippen LogP contribution in [0.4, 0.5) is 0 Å². The van der Waals surface area contributed by atoms with Crippen LogP contribution in [0.3, 0.4) is 0 Å². The average molecular weight is 205 g/mol. The molecule has 0 bridgehead atoms. The van der Waals surface area contributed by atoms with Gasteiger partial charge in [-0.3, -0.25) is 9.69 Å². The summed E-state index contributed by atoms with van der Waals surface area (Å²) in [6.45, 7) is 2.08. The molecule has 1 aromatic rings. The van der Waals surface area contributed by atoms with E-state index in [4.69, 9.17) is 0 Å². The van der Waals surface area contributed by atoms with Gasteiger partial charge in [-0.15, -0.1) is 0 Å². The molecular weight excluding hydrogens is 190 g/mol. The van der Waals surface area contributed by atoms with E-state index in [0.717, 1.165) is 43.2 Å². The van der Waals surface area contributed by atoms with E-state index in [1.54, 1.807) is 0 Å². The van der Waals surface area contributed by atoms with E-state index >= 15 is 0 Å². The third-order valence-corrected chi connectivity index (χ3v) is 3.39. The van der Waals surface area contributed by atoms with E-state index in [1.165, 1.54) is 19.2 Å². The number of fused-ring (bicyclic) bond motifs is 1. The Balaban J connectivity index is 1.87. The Morgan fingerprint density at radius 1 is 1.33 bits per heavy atom. The highest BCUT2D eigenvalue weighted by Gasteiger charge is 2.30. The summed E-state index contributed by atoms with van der Waals surface area (Å²) in [6, 6.07) is 0.790. The third-order valence-electron chi connectivity index (χ3n) is 3.39. The normalized spacial score (nSPS) is 22.1. The number of hydrogen-bond donors (Lipinski definition) is 1. The van der Waals surface area contributed by atoms with Crippen LogP contribution in [0.15, 0.2) is 11.1 Å². The van der Waals surface area contributed by atoms with Gasteiger partial charge in [-0.25, -0.2) is 4.98 Å². The Hall–Kier alpha value is -1.16. The van der Waals surface area contributed by atoms with Crippen molar-refractivity contribution < 1.29 is 0 Å². The molecule has 0 aromatic carbocycles. The van der Waals surface area contributed by atoms with Gasteiger partial charge in [-0.2, -0.15) is 0 Å². The fraction of sp³-hybridized carbons (Fsp3) is 0.636. The van der Waals surface area contributed by atoms with Crippen LogP contribution in [0.1, 0.15) is 24.1 Å². The molecule has 1 N–H and O–H groups in total. The van der Waals surface area contributed by atoms with Crippen molar-refractivity contribution in [1.82, 2.24) is 14.9 Å². The van der Waals surface area contributed by atoms with Gasteiger partial charge in [0.05, 0.1) is 12.0 Å². The molecule has 0 radical (unpaired) electrons. The van der Waals surface area contributed by atoms with Crippen LogP contribution in [0.25, 0.3) is 0 Å². The number of aromatic nitrogens is 2. The second kappa shape index (κ2) is 3.45. The van der Waals surface area contributed by atoms with Crippen molar-refractivity contribution in [3.8, 4) is 0 Å². The zero-order chi connectivity index (χ0) is 10.3. The maximum absolute atomic E-state index is 11.6. The predicted molar refractivity (Wildman–Crippen MR) is 56.9 cm³/mol. The number of hydrogen-bond acceptors (Lipinski definition) is 3. The van der Waals surface area contributed by atoms with Crippen molar-refractivity contribution in [1.29, 1.82) is 0 Å². The Morgan fingerprint density at radius 3 is 2.93 bits per heavy atom. The molecule has 1 fully saturated rings. The molecule has 0 unspecified atom stereocenters. The quantitative estimate of drug-likeness (QED) is 0.719. The molecule has 0 spiro atoms. The highest BCUT2D eigenvalue weighted by Crippen LogP contribution is 2.28. The fourth-order valence-electron chi connectivity index (χ4n) is 2.36. The van der Waals surface area contributed by atoms with Crippen LogP contribution in [0.5, 0.6) is 0 Å². The Bertz CT molecular complexity index is 422. The first-order valence-corrected chi connectivity index (χ1v) is 5.64. The molecule has 80 valence electrons. The molecule has 15 heavy (non-hydrogen) atoms. The van der Waals surface area contributed by atoms with Gasteiger partial charge in [0.15, 0.2) is 0 Å². The van der Waals surface area contributed by atoms with Crippen LogP contribution >= 0.6 is 0 Å². The van der Waals surface area contributed by atoms with Crippen molar-refractivity contribution in [3.63, 3.8) is 0 Å². The standard InChI is InChI=1S/C11H15N3O/c15-11-9-3-5-14(8-1-2-8)6-4-10(9)12-7-13-11/h7-8H,1-6H2,(H,12,13,15). The lowest BCUT2D eigenvalue weighted by Gasteiger charge is -2.18. The topological polar surface area (TPSA) is 49.0 Å². The van der Waals surface area contributed by atoms with Crippen molar-refractivity contribution in [2.24, 2.45) is 0 Å². The summed E-state index contributed by atoms with van der Waals surface area (Å²) in [7, 11) is 0. The minimum atomic E-state index is 0.0534. The fourth-order valence-corrected chi connectivity index (χ4v) is 2.36. The van der Waals surface area contributed by atoms with E-state index in [-0.39, 0.29) is 5.56 Å². The highest BCUT2D eigenvalue weighted by molar-refractivity contribution is 5.18. The van der Waals surface area contributed by atoms with Crippen LogP contribution in [0, 0.1) is 0 Å². The minimum Gasteiger partial charge on any atom is -0.313 e. The lowest BCUT2D eigenvalue weighted by atomic mass is 10.1. The first kappa shape index (κ1) is 9.09. The predicted octanol–water partition coefficient (Wildman–Crippen LogP) is 0.333. The average Bonchev–Trinajstić information content (AvgIpc) is 3.03. The molecule has 0 amide bonds. The second-order valence-electron chi connectivity index (χ2n) is 4.42. The Labute approximate surface area is 88.3 Å². The van der Waals surface area contributed by atoms with Gasteiger partial charge < -0.3 is 4.98 Å². The lowest BCUT2D eigenvalue weighted by Crippen LogP contribution is -2.28. The summed E-state index contributed by atoms with van der Waals surface area (Å²) >= 11 is 0.